The van der Waals surface area contributed by atoms with E-state index in [1.54, 1.807) is 7.11 Å². The predicted octanol–water partition coefficient (Wildman–Crippen LogP) is 3.29. The number of hydrogen-bond donors (Lipinski definition) is 1. The Morgan fingerprint density at radius 3 is 2.78 bits per heavy atom. The van der Waals surface area contributed by atoms with Crippen LogP contribution in [0.4, 0.5) is 11.4 Å². The predicted molar refractivity (Wildman–Crippen MR) is 77.2 cm³/mol. The van der Waals surface area contributed by atoms with Crippen molar-refractivity contribution < 1.29 is 4.74 Å². The van der Waals surface area contributed by atoms with Gasteiger partial charge in [0.2, 0.25) is 0 Å². The third-order valence-corrected chi connectivity index (χ3v) is 4.10. The maximum Gasteiger partial charge on any atom is 0.121 e. The molecule has 0 bridgehead atoms. The number of nitrogens with two attached hydrogens (primary N) is 1. The van der Waals surface area contributed by atoms with Crippen molar-refractivity contribution in [3.63, 3.8) is 0 Å². The topological polar surface area (TPSA) is 38.5 Å². The SMILES string of the molecule is CCC1CCC(C)N(c2ccc(OC)cc2N)C1. The van der Waals surface area contributed by atoms with Crippen LogP contribution in [0.3, 0.4) is 0 Å². The summed E-state index contributed by atoms with van der Waals surface area (Å²) in [4.78, 5) is 2.45. The second-order valence-electron chi connectivity index (χ2n) is 5.28. The fraction of sp³-hybridized carbons (Fsp3) is 0.600. The summed E-state index contributed by atoms with van der Waals surface area (Å²) < 4.78 is 5.21. The minimum absolute atomic E-state index is 0.573. The van der Waals surface area contributed by atoms with E-state index in [-0.39, 0.29) is 0 Å². The second-order valence-corrected chi connectivity index (χ2v) is 5.28. The van der Waals surface area contributed by atoms with Crippen LogP contribution >= 0.6 is 0 Å². The van der Waals surface area contributed by atoms with Gasteiger partial charge in [-0.05, 0) is 37.8 Å². The summed E-state index contributed by atoms with van der Waals surface area (Å²) >= 11 is 0. The lowest BCUT2D eigenvalue weighted by atomic mass is 9.91. The molecular formula is C15H24N2O. The van der Waals surface area contributed by atoms with Crippen LogP contribution in [-0.2, 0) is 0 Å². The van der Waals surface area contributed by atoms with Gasteiger partial charge in [-0.1, -0.05) is 13.3 Å². The van der Waals surface area contributed by atoms with Crippen LogP contribution < -0.4 is 15.4 Å². The second kappa shape index (κ2) is 5.51. The van der Waals surface area contributed by atoms with Gasteiger partial charge in [-0.3, -0.25) is 0 Å². The van der Waals surface area contributed by atoms with E-state index in [9.17, 15) is 0 Å². The van der Waals surface area contributed by atoms with Crippen molar-refractivity contribution in [3.8, 4) is 5.75 Å². The summed E-state index contributed by atoms with van der Waals surface area (Å²) in [7, 11) is 1.67. The summed E-state index contributed by atoms with van der Waals surface area (Å²) in [6, 6.07) is 6.57. The molecule has 0 aromatic heterocycles. The summed E-state index contributed by atoms with van der Waals surface area (Å²) in [5.41, 5.74) is 8.13. The molecule has 2 atom stereocenters. The van der Waals surface area contributed by atoms with Crippen LogP contribution in [0.25, 0.3) is 0 Å². The van der Waals surface area contributed by atoms with Crippen LogP contribution in [0.15, 0.2) is 18.2 Å². The van der Waals surface area contributed by atoms with E-state index in [2.05, 4.69) is 24.8 Å². The molecule has 1 fully saturated rings. The van der Waals surface area contributed by atoms with Crippen LogP contribution in [0, 0.1) is 5.92 Å². The first-order valence-corrected chi connectivity index (χ1v) is 6.85. The first-order valence-electron chi connectivity index (χ1n) is 6.85. The van der Waals surface area contributed by atoms with Gasteiger partial charge in [0.25, 0.3) is 0 Å². The molecule has 0 radical (unpaired) electrons. The summed E-state index contributed by atoms with van der Waals surface area (Å²) in [6.45, 7) is 5.68. The van der Waals surface area contributed by atoms with E-state index in [0.717, 1.165) is 29.6 Å². The van der Waals surface area contributed by atoms with Crippen molar-refractivity contribution in [1.82, 2.24) is 0 Å². The number of anilines is 2. The van der Waals surface area contributed by atoms with Gasteiger partial charge in [-0.15, -0.1) is 0 Å². The zero-order valence-electron chi connectivity index (χ0n) is 11.6. The molecule has 2 rings (SSSR count). The van der Waals surface area contributed by atoms with E-state index >= 15 is 0 Å². The normalized spacial score (nSPS) is 24.1. The first-order chi connectivity index (χ1) is 8.65. The van der Waals surface area contributed by atoms with E-state index < -0.39 is 0 Å². The van der Waals surface area contributed by atoms with Gasteiger partial charge in [0.15, 0.2) is 0 Å². The van der Waals surface area contributed by atoms with Crippen molar-refractivity contribution >= 4 is 11.4 Å². The largest absolute Gasteiger partial charge is 0.497 e. The van der Waals surface area contributed by atoms with Gasteiger partial charge < -0.3 is 15.4 Å². The Labute approximate surface area is 110 Å². The Hall–Kier alpha value is -1.38. The van der Waals surface area contributed by atoms with Crippen molar-refractivity contribution in [1.29, 1.82) is 0 Å². The molecule has 1 aromatic carbocycles. The fourth-order valence-electron chi connectivity index (χ4n) is 2.77. The Bertz CT molecular complexity index is 405. The zero-order valence-corrected chi connectivity index (χ0v) is 11.6. The Kier molecular flexibility index (Phi) is 4.00. The standard InChI is InChI=1S/C15H24N2O/c1-4-12-6-5-11(2)17(10-12)15-8-7-13(18-3)9-14(15)16/h7-9,11-12H,4-6,10,16H2,1-3H3. The molecule has 0 spiro atoms. The van der Waals surface area contributed by atoms with Crippen LogP contribution in [-0.4, -0.2) is 19.7 Å². The molecule has 2 N–H and O–H groups in total. The van der Waals surface area contributed by atoms with E-state index in [4.69, 9.17) is 10.5 Å². The highest BCUT2D eigenvalue weighted by Crippen LogP contribution is 2.34. The van der Waals surface area contributed by atoms with Crippen molar-refractivity contribution in [3.05, 3.63) is 18.2 Å². The lowest BCUT2D eigenvalue weighted by Gasteiger charge is -2.40. The Balaban J connectivity index is 2.23. The van der Waals surface area contributed by atoms with Gasteiger partial charge in [-0.2, -0.15) is 0 Å². The van der Waals surface area contributed by atoms with E-state index in [0.29, 0.717) is 6.04 Å². The average molecular weight is 248 g/mol. The maximum atomic E-state index is 6.16. The minimum atomic E-state index is 0.573. The Morgan fingerprint density at radius 1 is 1.39 bits per heavy atom. The molecule has 1 aliphatic heterocycles. The highest BCUT2D eigenvalue weighted by atomic mass is 16.5. The fourth-order valence-corrected chi connectivity index (χ4v) is 2.77. The average Bonchev–Trinajstić information content (AvgIpc) is 2.39. The minimum Gasteiger partial charge on any atom is -0.497 e. The lowest BCUT2D eigenvalue weighted by molar-refractivity contribution is 0.359. The summed E-state index contributed by atoms with van der Waals surface area (Å²) in [5, 5.41) is 0. The molecular weight excluding hydrogens is 224 g/mol. The number of hydrogen-bond acceptors (Lipinski definition) is 3. The van der Waals surface area contributed by atoms with Crippen LogP contribution in [0.2, 0.25) is 0 Å². The maximum absolute atomic E-state index is 6.16. The first kappa shape index (κ1) is 13.1. The zero-order chi connectivity index (χ0) is 13.1. The molecule has 1 heterocycles. The molecule has 0 aliphatic carbocycles. The molecule has 3 heteroatoms. The molecule has 18 heavy (non-hydrogen) atoms. The number of nitrogens with zero attached hydrogens (tertiary/aromatic N) is 1. The monoisotopic (exact) mass is 248 g/mol. The molecule has 2 unspecified atom stereocenters. The quantitative estimate of drug-likeness (QED) is 0.834. The molecule has 100 valence electrons. The summed E-state index contributed by atoms with van der Waals surface area (Å²) in [5.74, 6) is 1.62. The third-order valence-electron chi connectivity index (χ3n) is 4.10. The van der Waals surface area contributed by atoms with E-state index in [1.165, 1.54) is 19.3 Å². The van der Waals surface area contributed by atoms with E-state index in [1.807, 2.05) is 12.1 Å². The molecule has 1 aromatic rings. The number of piperidine rings is 1. The number of methoxy groups -OCH3 is 1. The van der Waals surface area contributed by atoms with Crippen LogP contribution in [0.5, 0.6) is 5.75 Å². The molecule has 0 amide bonds. The smallest absolute Gasteiger partial charge is 0.121 e. The van der Waals surface area contributed by atoms with Gasteiger partial charge in [0, 0.05) is 18.7 Å². The van der Waals surface area contributed by atoms with Gasteiger partial charge in [0.1, 0.15) is 5.75 Å². The molecule has 0 saturated carbocycles. The highest BCUT2D eigenvalue weighted by Gasteiger charge is 2.25. The third kappa shape index (κ3) is 2.55. The van der Waals surface area contributed by atoms with Gasteiger partial charge in [0.05, 0.1) is 18.5 Å². The Morgan fingerprint density at radius 2 is 2.17 bits per heavy atom. The highest BCUT2D eigenvalue weighted by molar-refractivity contribution is 5.70. The number of ether oxygens (including phenoxy) is 1. The van der Waals surface area contributed by atoms with Crippen molar-refractivity contribution in [2.24, 2.45) is 5.92 Å². The summed E-state index contributed by atoms with van der Waals surface area (Å²) in [6.07, 6.45) is 3.84. The van der Waals surface area contributed by atoms with Gasteiger partial charge in [-0.25, -0.2) is 0 Å². The van der Waals surface area contributed by atoms with Crippen molar-refractivity contribution in [2.75, 3.05) is 24.3 Å². The van der Waals surface area contributed by atoms with Crippen molar-refractivity contribution in [2.45, 2.75) is 39.2 Å². The molecule has 1 saturated heterocycles. The van der Waals surface area contributed by atoms with Gasteiger partial charge >= 0.3 is 0 Å². The number of benzene rings is 1. The molecule has 3 nitrogen and oxygen atoms in total. The lowest BCUT2D eigenvalue weighted by Crippen LogP contribution is -2.42. The van der Waals surface area contributed by atoms with Crippen LogP contribution in [0.1, 0.15) is 33.1 Å². The molecule has 1 aliphatic rings. The number of nitrogen functional groups attached to an aromatic ring is 1. The number of rotatable bonds is 3.